The summed E-state index contributed by atoms with van der Waals surface area (Å²) in [5.41, 5.74) is 1.10. The maximum Gasteiger partial charge on any atom is 0.243 e. The highest BCUT2D eigenvalue weighted by Crippen LogP contribution is 2.21. The molecule has 0 aliphatic carbocycles. The highest BCUT2D eigenvalue weighted by atomic mass is 35.5. The van der Waals surface area contributed by atoms with Crippen LogP contribution in [-0.4, -0.2) is 12.5 Å². The molecule has 3 nitrogen and oxygen atoms in total. The third-order valence-corrected chi connectivity index (χ3v) is 3.18. The van der Waals surface area contributed by atoms with Crippen LogP contribution in [0.15, 0.2) is 30.3 Å². The van der Waals surface area contributed by atoms with Gasteiger partial charge in [0.05, 0.1) is 12.2 Å². The van der Waals surface area contributed by atoms with Crippen molar-refractivity contribution in [1.29, 1.82) is 0 Å². The molecule has 0 atom stereocenters. The summed E-state index contributed by atoms with van der Waals surface area (Å²) < 4.78 is 39.3. The molecule has 0 saturated heterocycles. The van der Waals surface area contributed by atoms with Crippen LogP contribution in [0.4, 0.5) is 24.5 Å². The Morgan fingerprint density at radius 3 is 2.55 bits per heavy atom. The molecule has 7 heteroatoms. The summed E-state index contributed by atoms with van der Waals surface area (Å²) >= 11 is 5.85. The fraction of sp³-hybridized carbons (Fsp3) is 0.133. The molecule has 0 aromatic heterocycles. The molecule has 0 radical (unpaired) electrons. The molecular weight excluding hydrogens is 317 g/mol. The van der Waals surface area contributed by atoms with Crippen molar-refractivity contribution < 1.29 is 18.0 Å². The highest BCUT2D eigenvalue weighted by molar-refractivity contribution is 6.30. The van der Waals surface area contributed by atoms with Gasteiger partial charge < -0.3 is 10.6 Å². The Hall–Kier alpha value is -2.21. The second-order valence-corrected chi connectivity index (χ2v) is 5.02. The summed E-state index contributed by atoms with van der Waals surface area (Å²) in [6.07, 6.45) is 0. The Kier molecular flexibility index (Phi) is 4.92. The Balaban J connectivity index is 2.02. The lowest BCUT2D eigenvalue weighted by molar-refractivity contribution is -0.114. The smallest absolute Gasteiger partial charge is 0.243 e. The van der Waals surface area contributed by atoms with Gasteiger partial charge in [-0.15, -0.1) is 0 Å². The lowest BCUT2D eigenvalue weighted by Crippen LogP contribution is -2.23. The highest BCUT2D eigenvalue weighted by Gasteiger charge is 2.15. The van der Waals surface area contributed by atoms with Crippen LogP contribution in [0.5, 0.6) is 0 Å². The van der Waals surface area contributed by atoms with Gasteiger partial charge in [0.1, 0.15) is 0 Å². The molecule has 116 valence electrons. The molecule has 2 aromatic rings. The van der Waals surface area contributed by atoms with Crippen molar-refractivity contribution in [2.45, 2.75) is 6.92 Å². The molecule has 0 saturated carbocycles. The number of aryl methyl sites for hydroxylation is 1. The molecule has 0 heterocycles. The van der Waals surface area contributed by atoms with Gasteiger partial charge >= 0.3 is 0 Å². The standard InChI is InChI=1S/C15H12ClF3N2O/c1-8-2-3-9(16)6-12(8)20-7-13(22)21-11-5-4-10(17)14(18)15(11)19/h2-6,20H,7H2,1H3,(H,21,22). The largest absolute Gasteiger partial charge is 0.376 e. The molecule has 2 N–H and O–H groups in total. The number of rotatable bonds is 4. The number of benzene rings is 2. The van der Waals surface area contributed by atoms with Crippen LogP contribution in [0.2, 0.25) is 5.02 Å². The van der Waals surface area contributed by atoms with E-state index in [9.17, 15) is 18.0 Å². The fourth-order valence-electron chi connectivity index (χ4n) is 1.78. The molecular formula is C15H12ClF3N2O. The van der Waals surface area contributed by atoms with E-state index in [1.54, 1.807) is 18.2 Å². The molecule has 2 rings (SSSR count). The molecule has 1 amide bonds. The summed E-state index contributed by atoms with van der Waals surface area (Å²) in [7, 11) is 0. The number of nitrogens with one attached hydrogen (secondary N) is 2. The van der Waals surface area contributed by atoms with Gasteiger partial charge in [0, 0.05) is 10.7 Å². The Morgan fingerprint density at radius 2 is 1.82 bits per heavy atom. The van der Waals surface area contributed by atoms with Crippen LogP contribution in [-0.2, 0) is 4.79 Å². The molecule has 2 aromatic carbocycles. The second kappa shape index (κ2) is 6.70. The molecule has 0 aliphatic rings. The van der Waals surface area contributed by atoms with Gasteiger partial charge in [0.15, 0.2) is 17.5 Å². The van der Waals surface area contributed by atoms with E-state index in [0.717, 1.165) is 17.7 Å². The van der Waals surface area contributed by atoms with E-state index in [1.807, 2.05) is 6.92 Å². The molecule has 0 aliphatic heterocycles. The Labute approximate surface area is 130 Å². The predicted octanol–water partition coefficient (Wildman–Crippen LogP) is 4.12. The van der Waals surface area contributed by atoms with E-state index >= 15 is 0 Å². The lowest BCUT2D eigenvalue weighted by atomic mass is 10.2. The van der Waals surface area contributed by atoms with Crippen LogP contribution in [0.1, 0.15) is 5.56 Å². The van der Waals surface area contributed by atoms with Crippen molar-refractivity contribution in [1.82, 2.24) is 0 Å². The first kappa shape index (κ1) is 16.2. The van der Waals surface area contributed by atoms with Gasteiger partial charge in [0.2, 0.25) is 5.91 Å². The number of hydrogen-bond acceptors (Lipinski definition) is 2. The van der Waals surface area contributed by atoms with Crippen LogP contribution >= 0.6 is 11.6 Å². The van der Waals surface area contributed by atoms with Gasteiger partial charge in [-0.05, 0) is 36.8 Å². The third-order valence-electron chi connectivity index (χ3n) is 2.95. The molecule has 22 heavy (non-hydrogen) atoms. The Bertz CT molecular complexity index is 722. The number of anilines is 2. The maximum atomic E-state index is 13.4. The summed E-state index contributed by atoms with van der Waals surface area (Å²) in [4.78, 5) is 11.7. The van der Waals surface area contributed by atoms with Gasteiger partial charge in [0.25, 0.3) is 0 Å². The molecule has 0 fully saturated rings. The van der Waals surface area contributed by atoms with E-state index in [-0.39, 0.29) is 6.54 Å². The van der Waals surface area contributed by atoms with Crippen molar-refractivity contribution in [3.05, 3.63) is 58.4 Å². The number of amides is 1. The van der Waals surface area contributed by atoms with Gasteiger partial charge in [-0.2, -0.15) is 0 Å². The van der Waals surface area contributed by atoms with Gasteiger partial charge in [-0.25, -0.2) is 13.2 Å². The van der Waals surface area contributed by atoms with E-state index < -0.39 is 29.0 Å². The lowest BCUT2D eigenvalue weighted by Gasteiger charge is -2.11. The normalized spacial score (nSPS) is 10.4. The van der Waals surface area contributed by atoms with Crippen molar-refractivity contribution in [3.8, 4) is 0 Å². The average Bonchev–Trinajstić information content (AvgIpc) is 2.49. The number of halogens is 4. The van der Waals surface area contributed by atoms with Crippen LogP contribution in [0, 0.1) is 24.4 Å². The van der Waals surface area contributed by atoms with Crippen LogP contribution in [0.3, 0.4) is 0 Å². The maximum absolute atomic E-state index is 13.4. The van der Waals surface area contributed by atoms with Crippen molar-refractivity contribution in [2.75, 3.05) is 17.2 Å². The first-order chi connectivity index (χ1) is 10.4. The zero-order valence-corrected chi connectivity index (χ0v) is 12.3. The number of carbonyl (C=O) groups excluding carboxylic acids is 1. The Morgan fingerprint density at radius 1 is 1.09 bits per heavy atom. The minimum Gasteiger partial charge on any atom is -0.376 e. The van der Waals surface area contributed by atoms with Crippen LogP contribution < -0.4 is 10.6 Å². The molecule has 0 spiro atoms. The second-order valence-electron chi connectivity index (χ2n) is 4.58. The van der Waals surface area contributed by atoms with Gasteiger partial charge in [-0.3, -0.25) is 4.79 Å². The van der Waals surface area contributed by atoms with Crippen molar-refractivity contribution in [3.63, 3.8) is 0 Å². The van der Waals surface area contributed by atoms with Crippen LogP contribution in [0.25, 0.3) is 0 Å². The summed E-state index contributed by atoms with van der Waals surface area (Å²) in [6.45, 7) is 1.64. The SMILES string of the molecule is Cc1ccc(Cl)cc1NCC(=O)Nc1ccc(F)c(F)c1F. The van der Waals surface area contributed by atoms with E-state index in [4.69, 9.17) is 11.6 Å². The fourth-order valence-corrected chi connectivity index (χ4v) is 1.95. The summed E-state index contributed by atoms with van der Waals surface area (Å²) in [5.74, 6) is -4.99. The molecule has 0 bridgehead atoms. The quantitative estimate of drug-likeness (QED) is 0.829. The summed E-state index contributed by atoms with van der Waals surface area (Å²) in [5, 5.41) is 5.50. The average molecular weight is 329 g/mol. The zero-order chi connectivity index (χ0) is 16.3. The van der Waals surface area contributed by atoms with Crippen molar-refractivity contribution in [2.24, 2.45) is 0 Å². The first-order valence-electron chi connectivity index (χ1n) is 6.32. The summed E-state index contributed by atoms with van der Waals surface area (Å²) in [6, 6.07) is 6.82. The monoisotopic (exact) mass is 328 g/mol. The third kappa shape index (κ3) is 3.71. The van der Waals surface area contributed by atoms with E-state index in [2.05, 4.69) is 10.6 Å². The van der Waals surface area contributed by atoms with E-state index in [0.29, 0.717) is 10.7 Å². The first-order valence-corrected chi connectivity index (χ1v) is 6.69. The minimum atomic E-state index is -1.63. The number of hydrogen-bond donors (Lipinski definition) is 2. The zero-order valence-electron chi connectivity index (χ0n) is 11.5. The number of carbonyl (C=O) groups is 1. The van der Waals surface area contributed by atoms with Gasteiger partial charge in [-0.1, -0.05) is 17.7 Å². The minimum absolute atomic E-state index is 0.181. The van der Waals surface area contributed by atoms with E-state index in [1.165, 1.54) is 0 Å². The van der Waals surface area contributed by atoms with Crippen molar-refractivity contribution >= 4 is 28.9 Å². The molecule has 0 unspecified atom stereocenters. The topological polar surface area (TPSA) is 41.1 Å². The predicted molar refractivity (Wildman–Crippen MR) is 79.6 cm³/mol.